The van der Waals surface area contributed by atoms with Gasteiger partial charge in [0.25, 0.3) is 0 Å². The number of rotatable bonds is 14. The van der Waals surface area contributed by atoms with Crippen molar-refractivity contribution in [1.29, 1.82) is 0 Å². The highest BCUT2D eigenvalue weighted by molar-refractivity contribution is 6.18. The summed E-state index contributed by atoms with van der Waals surface area (Å²) in [6.07, 6.45) is -2.15. The van der Waals surface area contributed by atoms with Gasteiger partial charge in [0.05, 0.1) is 11.3 Å². The molecule has 1 aromatic rings. The summed E-state index contributed by atoms with van der Waals surface area (Å²) in [5, 5.41) is 4.18. The van der Waals surface area contributed by atoms with Crippen LogP contribution in [0.2, 0.25) is 0 Å². The van der Waals surface area contributed by atoms with Crippen LogP contribution in [-0.4, -0.2) is 62.3 Å². The van der Waals surface area contributed by atoms with Crippen LogP contribution in [0.4, 0.5) is 13.2 Å². The first-order chi connectivity index (χ1) is 13.4. The lowest BCUT2D eigenvalue weighted by molar-refractivity contribution is -0.137. The highest BCUT2D eigenvalue weighted by atomic mass is 35.5. The first-order valence-electron chi connectivity index (χ1n) is 9.12. The van der Waals surface area contributed by atoms with E-state index in [-0.39, 0.29) is 0 Å². The van der Waals surface area contributed by atoms with E-state index >= 15 is 0 Å². The van der Waals surface area contributed by atoms with Crippen LogP contribution in [0.3, 0.4) is 0 Å². The predicted octanol–water partition coefficient (Wildman–Crippen LogP) is 5.02. The molecule has 0 N–H and O–H groups in total. The largest absolute Gasteiger partial charge is 0.416 e. The molecule has 0 aliphatic rings. The minimum absolute atomic E-state index is 0.343. The number of alkyl halides is 5. The van der Waals surface area contributed by atoms with Crippen molar-refractivity contribution in [3.8, 4) is 0 Å². The molecule has 9 heteroatoms. The first-order valence-corrected chi connectivity index (χ1v) is 10.2. The van der Waals surface area contributed by atoms with E-state index in [1.807, 2.05) is 0 Å². The van der Waals surface area contributed by atoms with Crippen LogP contribution in [-0.2, 0) is 15.8 Å². The topological polar surface area (TPSA) is 34.1 Å². The molecule has 0 aliphatic heterocycles. The third kappa shape index (κ3) is 9.96. The summed E-state index contributed by atoms with van der Waals surface area (Å²) in [4.78, 5) is 7.50. The second kappa shape index (κ2) is 14.0. The number of hydrogen-bond acceptors (Lipinski definition) is 4. The fourth-order valence-electron chi connectivity index (χ4n) is 2.50. The van der Waals surface area contributed by atoms with Gasteiger partial charge in [0.2, 0.25) is 0 Å². The monoisotopic (exact) mass is 442 g/mol. The van der Waals surface area contributed by atoms with Crippen molar-refractivity contribution in [1.82, 2.24) is 4.90 Å². The summed E-state index contributed by atoms with van der Waals surface area (Å²) in [5.74, 6) is 0.993. The SMILES string of the molecule is COCCCC/C(=N\OCCN(CCCl)CCCl)c1ccc(C(F)(F)F)cc1. The number of hydrogen-bond donors (Lipinski definition) is 0. The van der Waals surface area contributed by atoms with E-state index in [4.69, 9.17) is 32.8 Å². The molecule has 1 aromatic carbocycles. The van der Waals surface area contributed by atoms with Gasteiger partial charge >= 0.3 is 6.18 Å². The summed E-state index contributed by atoms with van der Waals surface area (Å²) in [6.45, 7) is 2.98. The molecule has 4 nitrogen and oxygen atoms in total. The number of nitrogens with zero attached hydrogens (tertiary/aromatic N) is 2. The van der Waals surface area contributed by atoms with Crippen molar-refractivity contribution in [2.45, 2.75) is 25.4 Å². The van der Waals surface area contributed by atoms with Gasteiger partial charge < -0.3 is 9.57 Å². The molecule has 0 spiro atoms. The molecule has 0 amide bonds. The summed E-state index contributed by atoms with van der Waals surface area (Å²) in [6, 6.07) is 4.97. The quantitative estimate of drug-likeness (QED) is 0.175. The maximum atomic E-state index is 12.8. The van der Waals surface area contributed by atoms with Gasteiger partial charge in [-0.2, -0.15) is 13.2 Å². The van der Waals surface area contributed by atoms with E-state index in [1.54, 1.807) is 7.11 Å². The number of benzene rings is 1. The number of unbranched alkanes of at least 4 members (excludes halogenated alkanes) is 1. The number of oxime groups is 1. The molecule has 1 rings (SSSR count). The molecule has 160 valence electrons. The van der Waals surface area contributed by atoms with Crippen LogP contribution in [0.1, 0.15) is 30.4 Å². The van der Waals surface area contributed by atoms with E-state index < -0.39 is 11.7 Å². The molecule has 0 aliphatic carbocycles. The van der Waals surface area contributed by atoms with Gasteiger partial charge in [0.15, 0.2) is 0 Å². The second-order valence-electron chi connectivity index (χ2n) is 6.12. The molecule has 0 saturated carbocycles. The van der Waals surface area contributed by atoms with Crippen LogP contribution >= 0.6 is 23.2 Å². The first kappa shape index (κ1) is 25.0. The average Bonchev–Trinajstić information content (AvgIpc) is 2.66. The van der Waals surface area contributed by atoms with Gasteiger partial charge in [0.1, 0.15) is 6.61 Å². The fraction of sp³-hybridized carbons (Fsp3) is 0.632. The molecule has 0 bridgehead atoms. The lowest BCUT2D eigenvalue weighted by Gasteiger charge is -2.19. The molecule has 0 unspecified atom stereocenters. The lowest BCUT2D eigenvalue weighted by atomic mass is 10.0. The molecule has 0 aromatic heterocycles. The normalized spacial score (nSPS) is 12.6. The van der Waals surface area contributed by atoms with Crippen LogP contribution in [0, 0.1) is 0 Å². The zero-order chi connectivity index (χ0) is 20.8. The van der Waals surface area contributed by atoms with Gasteiger partial charge in [-0.15, -0.1) is 23.2 Å². The highest BCUT2D eigenvalue weighted by Crippen LogP contribution is 2.29. The number of ether oxygens (including phenoxy) is 1. The molecule has 0 saturated heterocycles. The molecule has 0 radical (unpaired) electrons. The van der Waals surface area contributed by atoms with E-state index in [9.17, 15) is 13.2 Å². The van der Waals surface area contributed by atoms with Crippen molar-refractivity contribution >= 4 is 28.9 Å². The van der Waals surface area contributed by atoms with Crippen molar-refractivity contribution in [3.05, 3.63) is 35.4 Å². The van der Waals surface area contributed by atoms with Crippen molar-refractivity contribution in [2.75, 3.05) is 51.7 Å². The van der Waals surface area contributed by atoms with Crippen LogP contribution in [0.25, 0.3) is 0 Å². The van der Waals surface area contributed by atoms with E-state index in [0.717, 1.165) is 25.0 Å². The van der Waals surface area contributed by atoms with Gasteiger partial charge in [0, 0.05) is 45.1 Å². The smallest absolute Gasteiger partial charge is 0.394 e. The highest BCUT2D eigenvalue weighted by Gasteiger charge is 2.30. The van der Waals surface area contributed by atoms with E-state index in [0.29, 0.717) is 62.3 Å². The minimum atomic E-state index is -4.36. The Hall–Kier alpha value is -1.02. The Morgan fingerprint density at radius 3 is 2.18 bits per heavy atom. The molecular formula is C19H27Cl2F3N2O2. The summed E-state index contributed by atoms with van der Waals surface area (Å²) >= 11 is 11.5. The zero-order valence-electron chi connectivity index (χ0n) is 16.0. The standard InChI is InChI=1S/C19H27Cl2F3N2O2/c1-27-14-3-2-4-18(16-5-7-17(8-6-16)19(22,23)24)25-28-15-13-26(11-9-20)12-10-21/h5-8H,2-4,9-15H2,1H3/b25-18+. The van der Waals surface area contributed by atoms with Crippen molar-refractivity contribution in [2.24, 2.45) is 5.16 Å². The summed E-state index contributed by atoms with van der Waals surface area (Å²) in [5.41, 5.74) is 0.545. The van der Waals surface area contributed by atoms with Gasteiger partial charge in [-0.3, -0.25) is 4.90 Å². The second-order valence-corrected chi connectivity index (χ2v) is 6.87. The Bertz CT molecular complexity index is 563. The van der Waals surface area contributed by atoms with Crippen LogP contribution in [0.15, 0.2) is 29.4 Å². The summed E-state index contributed by atoms with van der Waals surface area (Å²) in [7, 11) is 1.63. The summed E-state index contributed by atoms with van der Waals surface area (Å²) < 4.78 is 43.3. The Labute approximate surface area is 174 Å². The zero-order valence-corrected chi connectivity index (χ0v) is 17.5. The third-order valence-corrected chi connectivity index (χ3v) is 4.37. The van der Waals surface area contributed by atoms with E-state index in [2.05, 4.69) is 10.1 Å². The Balaban J connectivity index is 2.73. The van der Waals surface area contributed by atoms with Gasteiger partial charge in [-0.05, 0) is 37.0 Å². The van der Waals surface area contributed by atoms with Crippen molar-refractivity contribution in [3.63, 3.8) is 0 Å². The van der Waals surface area contributed by atoms with E-state index in [1.165, 1.54) is 12.1 Å². The number of halogens is 5. The third-order valence-electron chi connectivity index (χ3n) is 4.03. The Kier molecular flexibility index (Phi) is 12.5. The molecule has 0 fully saturated rings. The maximum absolute atomic E-state index is 12.8. The lowest BCUT2D eigenvalue weighted by Crippen LogP contribution is -2.31. The van der Waals surface area contributed by atoms with Gasteiger partial charge in [-0.25, -0.2) is 0 Å². The fourth-order valence-corrected chi connectivity index (χ4v) is 2.98. The maximum Gasteiger partial charge on any atom is 0.416 e. The van der Waals surface area contributed by atoms with Crippen LogP contribution in [0.5, 0.6) is 0 Å². The van der Waals surface area contributed by atoms with Crippen LogP contribution < -0.4 is 0 Å². The van der Waals surface area contributed by atoms with Gasteiger partial charge in [-0.1, -0.05) is 17.3 Å². The number of methoxy groups -OCH3 is 1. The predicted molar refractivity (Wildman–Crippen MR) is 108 cm³/mol. The molecule has 28 heavy (non-hydrogen) atoms. The van der Waals surface area contributed by atoms with Crippen molar-refractivity contribution < 1.29 is 22.7 Å². The average molecular weight is 443 g/mol. The molecule has 0 atom stereocenters. The molecular weight excluding hydrogens is 416 g/mol. The Morgan fingerprint density at radius 2 is 1.64 bits per heavy atom. The Morgan fingerprint density at radius 1 is 1.00 bits per heavy atom. The molecule has 0 heterocycles. The minimum Gasteiger partial charge on any atom is -0.394 e.